The molecule has 1 aliphatic rings. The molecule has 0 spiro atoms. The number of likely N-dealkylation sites (tertiary alicyclic amines) is 1. The maximum absolute atomic E-state index is 12.4. The number of furan rings is 1. The van der Waals surface area contributed by atoms with Gasteiger partial charge in [-0.1, -0.05) is 26.0 Å². The van der Waals surface area contributed by atoms with Crippen molar-refractivity contribution in [1.29, 1.82) is 0 Å². The monoisotopic (exact) mass is 402 g/mol. The minimum absolute atomic E-state index is 0.00443. The molecule has 1 aliphatic heterocycles. The van der Waals surface area contributed by atoms with E-state index in [0.717, 1.165) is 25.1 Å². The van der Waals surface area contributed by atoms with E-state index in [2.05, 4.69) is 18.6 Å². The van der Waals surface area contributed by atoms with Crippen LogP contribution in [0, 0.1) is 11.8 Å². The summed E-state index contributed by atoms with van der Waals surface area (Å²) in [6.45, 7) is 5.99. The van der Waals surface area contributed by atoms with Gasteiger partial charge >= 0.3 is 0 Å². The third kappa shape index (κ3) is 5.33. The van der Waals surface area contributed by atoms with Crippen LogP contribution in [0.3, 0.4) is 0 Å². The number of benzene rings is 1. The number of hydrogen-bond donors (Lipinski definition) is 1. The number of amides is 1. The van der Waals surface area contributed by atoms with Gasteiger partial charge in [0.1, 0.15) is 5.76 Å². The highest BCUT2D eigenvalue weighted by Gasteiger charge is 2.24. The highest BCUT2D eigenvalue weighted by atomic mass is 32.2. The largest absolute Gasteiger partial charge is 0.468 e. The average Bonchev–Trinajstić information content (AvgIpc) is 3.18. The van der Waals surface area contributed by atoms with Crippen molar-refractivity contribution >= 4 is 22.0 Å². The standard InChI is InChI=1S/C21H26N2O4S/c1-16-12-17(2)15-23(14-16)21(24)10-7-18-5-8-20(9-6-18)28(25,26)22-13-19-4-3-11-27-19/h3-11,16-17,22H,12-15H2,1-2H3/b10-7+. The molecule has 2 aromatic rings. The lowest BCUT2D eigenvalue weighted by Crippen LogP contribution is -2.41. The molecule has 0 bridgehead atoms. The minimum atomic E-state index is -3.62. The first-order valence-corrected chi connectivity index (χ1v) is 10.9. The molecule has 1 aromatic heterocycles. The summed E-state index contributed by atoms with van der Waals surface area (Å²) >= 11 is 0. The van der Waals surface area contributed by atoms with Gasteiger partial charge in [0, 0.05) is 19.2 Å². The molecule has 1 N–H and O–H groups in total. The van der Waals surface area contributed by atoms with E-state index in [-0.39, 0.29) is 17.3 Å². The Kier molecular flexibility index (Phi) is 6.36. The molecule has 2 atom stereocenters. The second kappa shape index (κ2) is 8.75. The summed E-state index contributed by atoms with van der Waals surface area (Å²) in [5.41, 5.74) is 0.774. The van der Waals surface area contributed by atoms with Crippen LogP contribution in [0.2, 0.25) is 0 Å². The first-order chi connectivity index (χ1) is 13.3. The van der Waals surface area contributed by atoms with Crippen molar-refractivity contribution in [1.82, 2.24) is 9.62 Å². The SMILES string of the molecule is CC1CC(C)CN(C(=O)/C=C/c2ccc(S(=O)(=O)NCc3ccco3)cc2)C1. The van der Waals surface area contributed by atoms with Gasteiger partial charge in [0.05, 0.1) is 17.7 Å². The number of nitrogens with zero attached hydrogens (tertiary/aromatic N) is 1. The van der Waals surface area contributed by atoms with Gasteiger partial charge in [-0.3, -0.25) is 4.79 Å². The molecule has 2 heterocycles. The van der Waals surface area contributed by atoms with E-state index in [1.165, 1.54) is 18.4 Å². The maximum atomic E-state index is 12.4. The Balaban J connectivity index is 1.60. The lowest BCUT2D eigenvalue weighted by atomic mass is 9.92. The summed E-state index contributed by atoms with van der Waals surface area (Å²) in [4.78, 5) is 14.5. The topological polar surface area (TPSA) is 79.6 Å². The second-order valence-corrected chi connectivity index (χ2v) is 9.26. The first-order valence-electron chi connectivity index (χ1n) is 9.42. The van der Waals surface area contributed by atoms with Crippen molar-refractivity contribution < 1.29 is 17.6 Å². The zero-order valence-corrected chi connectivity index (χ0v) is 17.0. The van der Waals surface area contributed by atoms with Crippen LogP contribution in [-0.4, -0.2) is 32.3 Å². The number of hydrogen-bond acceptors (Lipinski definition) is 4. The Morgan fingerprint density at radius 1 is 1.18 bits per heavy atom. The smallest absolute Gasteiger partial charge is 0.246 e. The molecule has 3 rings (SSSR count). The molecule has 1 amide bonds. The van der Waals surface area contributed by atoms with Crippen LogP contribution < -0.4 is 4.72 Å². The lowest BCUT2D eigenvalue weighted by molar-refractivity contribution is -0.128. The number of nitrogens with one attached hydrogen (secondary N) is 1. The predicted octanol–water partition coefficient (Wildman–Crippen LogP) is 3.28. The lowest BCUT2D eigenvalue weighted by Gasteiger charge is -2.34. The Bertz CT molecular complexity index is 908. The summed E-state index contributed by atoms with van der Waals surface area (Å²) < 4.78 is 32.3. The van der Waals surface area contributed by atoms with E-state index in [1.807, 2.05) is 4.90 Å². The summed E-state index contributed by atoms with van der Waals surface area (Å²) in [6.07, 6.45) is 5.93. The molecule has 0 radical (unpaired) electrons. The number of sulfonamides is 1. The summed E-state index contributed by atoms with van der Waals surface area (Å²) in [6, 6.07) is 9.84. The summed E-state index contributed by atoms with van der Waals surface area (Å²) in [5.74, 6) is 1.57. The molecular formula is C21H26N2O4S. The fourth-order valence-electron chi connectivity index (χ4n) is 3.54. The van der Waals surface area contributed by atoms with Crippen LogP contribution in [0.5, 0.6) is 0 Å². The molecule has 1 aromatic carbocycles. The van der Waals surface area contributed by atoms with Gasteiger partial charge in [-0.15, -0.1) is 0 Å². The Morgan fingerprint density at radius 3 is 2.46 bits per heavy atom. The van der Waals surface area contributed by atoms with E-state index in [9.17, 15) is 13.2 Å². The minimum Gasteiger partial charge on any atom is -0.468 e. The normalized spacial score (nSPS) is 20.6. The Hall–Kier alpha value is -2.38. The highest BCUT2D eigenvalue weighted by Crippen LogP contribution is 2.21. The van der Waals surface area contributed by atoms with Gasteiger partial charge in [-0.05, 0) is 54.2 Å². The molecule has 28 heavy (non-hydrogen) atoms. The zero-order chi connectivity index (χ0) is 20.1. The van der Waals surface area contributed by atoms with Gasteiger partial charge in [0.25, 0.3) is 0 Å². The zero-order valence-electron chi connectivity index (χ0n) is 16.2. The van der Waals surface area contributed by atoms with Crippen LogP contribution in [-0.2, 0) is 21.4 Å². The quantitative estimate of drug-likeness (QED) is 0.752. The molecule has 6 nitrogen and oxygen atoms in total. The fraction of sp³-hybridized carbons (Fsp3) is 0.381. The summed E-state index contributed by atoms with van der Waals surface area (Å²) in [5, 5.41) is 0. The van der Waals surface area contributed by atoms with Crippen molar-refractivity contribution in [2.45, 2.75) is 31.7 Å². The number of carbonyl (C=O) groups excluding carboxylic acids is 1. The molecule has 1 saturated heterocycles. The van der Waals surface area contributed by atoms with Crippen molar-refractivity contribution in [3.05, 3.63) is 60.1 Å². The van der Waals surface area contributed by atoms with E-state index < -0.39 is 10.0 Å². The van der Waals surface area contributed by atoms with E-state index in [0.29, 0.717) is 17.6 Å². The van der Waals surface area contributed by atoms with Crippen LogP contribution in [0.25, 0.3) is 6.08 Å². The Labute approximate surface area is 166 Å². The molecule has 7 heteroatoms. The van der Waals surface area contributed by atoms with Crippen molar-refractivity contribution in [3.63, 3.8) is 0 Å². The van der Waals surface area contributed by atoms with Gasteiger partial charge in [-0.25, -0.2) is 13.1 Å². The molecule has 0 aliphatic carbocycles. The van der Waals surface area contributed by atoms with Crippen LogP contribution in [0.4, 0.5) is 0 Å². The van der Waals surface area contributed by atoms with Crippen molar-refractivity contribution in [2.24, 2.45) is 11.8 Å². The number of rotatable bonds is 6. The molecule has 150 valence electrons. The first kappa shape index (κ1) is 20.4. The second-order valence-electron chi connectivity index (χ2n) is 7.50. The van der Waals surface area contributed by atoms with Crippen LogP contribution in [0.15, 0.2) is 58.1 Å². The maximum Gasteiger partial charge on any atom is 0.246 e. The number of carbonyl (C=O) groups is 1. The van der Waals surface area contributed by atoms with Crippen molar-refractivity contribution in [2.75, 3.05) is 13.1 Å². The molecule has 2 unspecified atom stereocenters. The van der Waals surface area contributed by atoms with Gasteiger partial charge < -0.3 is 9.32 Å². The Morgan fingerprint density at radius 2 is 1.86 bits per heavy atom. The third-order valence-corrected chi connectivity index (χ3v) is 6.22. The molecule has 1 fully saturated rings. The molecule has 0 saturated carbocycles. The molecular weight excluding hydrogens is 376 g/mol. The summed E-state index contributed by atoms with van der Waals surface area (Å²) in [7, 11) is -3.62. The van der Waals surface area contributed by atoms with Gasteiger partial charge in [-0.2, -0.15) is 0 Å². The third-order valence-electron chi connectivity index (χ3n) is 4.81. The van der Waals surface area contributed by atoms with E-state index >= 15 is 0 Å². The fourth-order valence-corrected chi connectivity index (χ4v) is 4.53. The average molecular weight is 403 g/mol. The number of piperidine rings is 1. The van der Waals surface area contributed by atoms with E-state index in [1.54, 1.807) is 36.4 Å². The van der Waals surface area contributed by atoms with Gasteiger partial charge in [0.15, 0.2) is 0 Å². The highest BCUT2D eigenvalue weighted by molar-refractivity contribution is 7.89. The van der Waals surface area contributed by atoms with Crippen LogP contribution >= 0.6 is 0 Å². The van der Waals surface area contributed by atoms with Crippen LogP contribution in [0.1, 0.15) is 31.6 Å². The van der Waals surface area contributed by atoms with E-state index in [4.69, 9.17) is 4.42 Å². The van der Waals surface area contributed by atoms with Gasteiger partial charge in [0.2, 0.25) is 15.9 Å². The van der Waals surface area contributed by atoms with Crippen molar-refractivity contribution in [3.8, 4) is 0 Å². The predicted molar refractivity (Wildman–Crippen MR) is 108 cm³/mol.